The van der Waals surface area contributed by atoms with E-state index in [-0.39, 0.29) is 16.9 Å². The van der Waals surface area contributed by atoms with Gasteiger partial charge in [0, 0.05) is 11.1 Å². The highest BCUT2D eigenvalue weighted by atomic mass is 16.3. The number of carbonyl (C=O) groups excluding carboxylic acids is 3. The summed E-state index contributed by atoms with van der Waals surface area (Å²) in [7, 11) is 0. The zero-order valence-electron chi connectivity index (χ0n) is 9.56. The van der Waals surface area contributed by atoms with Gasteiger partial charge in [-0.2, -0.15) is 0 Å². The molecule has 0 unspecified atom stereocenters. The van der Waals surface area contributed by atoms with Crippen molar-refractivity contribution in [3.8, 4) is 0 Å². The zero-order valence-corrected chi connectivity index (χ0v) is 9.56. The van der Waals surface area contributed by atoms with E-state index in [1.165, 1.54) is 26.0 Å². The van der Waals surface area contributed by atoms with Crippen LogP contribution in [0.1, 0.15) is 34.6 Å². The zero-order chi connectivity index (χ0) is 12.8. The van der Waals surface area contributed by atoms with Crippen LogP contribution in [0.2, 0.25) is 0 Å². The number of hydrogen-bond acceptors (Lipinski definition) is 4. The molecule has 1 N–H and O–H groups in total. The number of aliphatic hydroxyl groups is 1. The Labute approximate surface area is 98.3 Å². The molecule has 1 aromatic rings. The van der Waals surface area contributed by atoms with Gasteiger partial charge in [-0.3, -0.25) is 14.4 Å². The predicted octanol–water partition coefficient (Wildman–Crippen LogP) is 1.02. The number of ketones is 3. The first kappa shape index (κ1) is 11.7. The van der Waals surface area contributed by atoms with Gasteiger partial charge in [-0.15, -0.1) is 0 Å². The summed E-state index contributed by atoms with van der Waals surface area (Å²) >= 11 is 0. The van der Waals surface area contributed by atoms with E-state index in [0.717, 1.165) is 0 Å². The maximum Gasteiger partial charge on any atom is 0.203 e. The molecule has 4 heteroatoms. The smallest absolute Gasteiger partial charge is 0.203 e. The van der Waals surface area contributed by atoms with Gasteiger partial charge in [0.2, 0.25) is 11.6 Å². The topological polar surface area (TPSA) is 71.4 Å². The monoisotopic (exact) mass is 232 g/mol. The first-order valence-electron chi connectivity index (χ1n) is 5.32. The van der Waals surface area contributed by atoms with E-state index in [1.54, 1.807) is 12.1 Å². The van der Waals surface area contributed by atoms with Crippen LogP contribution in [0, 0.1) is 5.92 Å². The van der Waals surface area contributed by atoms with Crippen molar-refractivity contribution in [2.24, 2.45) is 5.92 Å². The average molecular weight is 232 g/mol. The van der Waals surface area contributed by atoms with Gasteiger partial charge in [0.1, 0.15) is 5.78 Å². The highest BCUT2D eigenvalue weighted by Gasteiger charge is 2.56. The SMILES string of the molecule is CC(=O)[C@H](C)C1(O)C(=O)c2ccccc2C1=O. The van der Waals surface area contributed by atoms with Gasteiger partial charge in [0.25, 0.3) is 0 Å². The number of benzene rings is 1. The first-order chi connectivity index (χ1) is 7.90. The van der Waals surface area contributed by atoms with Crippen molar-refractivity contribution in [2.75, 3.05) is 0 Å². The maximum absolute atomic E-state index is 12.1. The molecule has 17 heavy (non-hydrogen) atoms. The first-order valence-corrected chi connectivity index (χ1v) is 5.32. The Morgan fingerprint density at radius 1 is 1.18 bits per heavy atom. The molecule has 0 radical (unpaired) electrons. The molecule has 0 amide bonds. The maximum atomic E-state index is 12.1. The highest BCUT2D eigenvalue weighted by Crippen LogP contribution is 2.35. The van der Waals surface area contributed by atoms with Crippen LogP contribution >= 0.6 is 0 Å². The van der Waals surface area contributed by atoms with Gasteiger partial charge in [-0.25, -0.2) is 0 Å². The van der Waals surface area contributed by atoms with Gasteiger partial charge >= 0.3 is 0 Å². The van der Waals surface area contributed by atoms with Crippen LogP contribution in [0.15, 0.2) is 24.3 Å². The van der Waals surface area contributed by atoms with Gasteiger partial charge in [0.05, 0.1) is 5.92 Å². The number of carbonyl (C=O) groups is 3. The summed E-state index contributed by atoms with van der Waals surface area (Å²) in [6.07, 6.45) is 0. The van der Waals surface area contributed by atoms with Gasteiger partial charge < -0.3 is 5.11 Å². The predicted molar refractivity (Wildman–Crippen MR) is 59.9 cm³/mol. The van der Waals surface area contributed by atoms with Gasteiger partial charge in [-0.05, 0) is 6.92 Å². The second kappa shape index (κ2) is 3.60. The van der Waals surface area contributed by atoms with E-state index >= 15 is 0 Å². The molecule has 1 aliphatic carbocycles. The van der Waals surface area contributed by atoms with E-state index in [2.05, 4.69) is 0 Å². The number of hydrogen-bond donors (Lipinski definition) is 1. The summed E-state index contributed by atoms with van der Waals surface area (Å²) in [5, 5.41) is 10.3. The molecule has 0 heterocycles. The average Bonchev–Trinajstić information content (AvgIpc) is 2.52. The minimum Gasteiger partial charge on any atom is -0.373 e. The Morgan fingerprint density at radius 3 is 1.94 bits per heavy atom. The molecule has 1 aromatic carbocycles. The van der Waals surface area contributed by atoms with Crippen LogP contribution in [-0.2, 0) is 4.79 Å². The Kier molecular flexibility index (Phi) is 2.47. The third-order valence-corrected chi connectivity index (χ3v) is 3.35. The minimum absolute atomic E-state index is 0.188. The lowest BCUT2D eigenvalue weighted by molar-refractivity contribution is -0.124. The summed E-state index contributed by atoms with van der Waals surface area (Å²) in [5.41, 5.74) is -1.85. The molecule has 0 saturated heterocycles. The van der Waals surface area contributed by atoms with Crippen LogP contribution in [0.4, 0.5) is 0 Å². The van der Waals surface area contributed by atoms with Crippen LogP contribution in [-0.4, -0.2) is 28.1 Å². The van der Waals surface area contributed by atoms with Crippen LogP contribution in [0.25, 0.3) is 0 Å². The van der Waals surface area contributed by atoms with E-state index < -0.39 is 23.1 Å². The lowest BCUT2D eigenvalue weighted by Crippen LogP contribution is -2.49. The number of Topliss-reactive ketones (excluding diaryl/α,β-unsaturated/α-hetero) is 3. The van der Waals surface area contributed by atoms with E-state index in [9.17, 15) is 19.5 Å². The lowest BCUT2D eigenvalue weighted by atomic mass is 9.82. The summed E-state index contributed by atoms with van der Waals surface area (Å²) in [6, 6.07) is 6.21. The molecule has 0 bridgehead atoms. The molecule has 1 atom stereocenters. The molecular formula is C13H12O4. The van der Waals surface area contributed by atoms with Crippen molar-refractivity contribution in [1.82, 2.24) is 0 Å². The van der Waals surface area contributed by atoms with Crippen LogP contribution in [0.3, 0.4) is 0 Å². The molecule has 1 aliphatic rings. The van der Waals surface area contributed by atoms with Crippen molar-refractivity contribution >= 4 is 17.3 Å². The summed E-state index contributed by atoms with van der Waals surface area (Å²) in [4.78, 5) is 35.4. The van der Waals surface area contributed by atoms with Crippen molar-refractivity contribution in [2.45, 2.75) is 19.4 Å². The molecule has 88 valence electrons. The second-order valence-corrected chi connectivity index (χ2v) is 4.30. The number of fused-ring (bicyclic) bond motifs is 1. The molecule has 0 aliphatic heterocycles. The second-order valence-electron chi connectivity index (χ2n) is 4.30. The molecular weight excluding hydrogens is 220 g/mol. The van der Waals surface area contributed by atoms with Gasteiger partial charge in [-0.1, -0.05) is 31.2 Å². The van der Waals surface area contributed by atoms with E-state index in [1.807, 2.05) is 0 Å². The van der Waals surface area contributed by atoms with Crippen molar-refractivity contribution < 1.29 is 19.5 Å². The van der Waals surface area contributed by atoms with Crippen LogP contribution < -0.4 is 0 Å². The van der Waals surface area contributed by atoms with E-state index in [4.69, 9.17) is 0 Å². The van der Waals surface area contributed by atoms with Gasteiger partial charge in [0.15, 0.2) is 5.60 Å². The molecule has 0 saturated carbocycles. The fraction of sp³-hybridized carbons (Fsp3) is 0.308. The van der Waals surface area contributed by atoms with Crippen molar-refractivity contribution in [1.29, 1.82) is 0 Å². The fourth-order valence-electron chi connectivity index (χ4n) is 2.08. The third-order valence-electron chi connectivity index (χ3n) is 3.35. The molecule has 4 nitrogen and oxygen atoms in total. The summed E-state index contributed by atoms with van der Waals surface area (Å²) in [6.45, 7) is 2.65. The Morgan fingerprint density at radius 2 is 1.59 bits per heavy atom. The van der Waals surface area contributed by atoms with Crippen molar-refractivity contribution in [3.63, 3.8) is 0 Å². The summed E-state index contributed by atoms with van der Waals surface area (Å²) in [5.74, 6) is -2.78. The molecule has 0 aromatic heterocycles. The normalized spacial score (nSPS) is 19.0. The summed E-state index contributed by atoms with van der Waals surface area (Å²) < 4.78 is 0. The Bertz CT molecular complexity index is 495. The minimum atomic E-state index is -2.23. The fourth-order valence-corrected chi connectivity index (χ4v) is 2.08. The Hall–Kier alpha value is -1.81. The molecule has 0 fully saturated rings. The van der Waals surface area contributed by atoms with Crippen molar-refractivity contribution in [3.05, 3.63) is 35.4 Å². The largest absolute Gasteiger partial charge is 0.373 e. The number of rotatable bonds is 2. The molecule has 2 rings (SSSR count). The third kappa shape index (κ3) is 1.37. The Balaban J connectivity index is 2.60. The molecule has 0 spiro atoms. The quantitative estimate of drug-likeness (QED) is 0.773. The van der Waals surface area contributed by atoms with Crippen LogP contribution in [0.5, 0.6) is 0 Å². The standard InChI is InChI=1S/C13H12O4/c1-7(8(2)14)13(17)11(15)9-5-3-4-6-10(9)12(13)16/h3-7,17H,1-2H3/t7-/m0/s1. The highest BCUT2D eigenvalue weighted by molar-refractivity contribution is 6.33. The lowest BCUT2D eigenvalue weighted by Gasteiger charge is -2.24. The van der Waals surface area contributed by atoms with E-state index in [0.29, 0.717) is 0 Å².